The van der Waals surface area contributed by atoms with Crippen LogP contribution in [0.3, 0.4) is 0 Å². The van der Waals surface area contributed by atoms with E-state index in [4.69, 9.17) is 9.47 Å². The van der Waals surface area contributed by atoms with Gasteiger partial charge < -0.3 is 14.8 Å². The summed E-state index contributed by atoms with van der Waals surface area (Å²) in [6.07, 6.45) is 0. The summed E-state index contributed by atoms with van der Waals surface area (Å²) in [6, 6.07) is 21.2. The topological polar surface area (TPSA) is 64.6 Å². The molecule has 0 heterocycles. The van der Waals surface area contributed by atoms with Gasteiger partial charge in [0.25, 0.3) is 5.91 Å². The van der Waals surface area contributed by atoms with Crippen molar-refractivity contribution in [3.05, 3.63) is 89.5 Å². The van der Waals surface area contributed by atoms with Gasteiger partial charge in [-0.1, -0.05) is 24.3 Å². The summed E-state index contributed by atoms with van der Waals surface area (Å²) < 4.78 is 10.7. The van der Waals surface area contributed by atoms with E-state index in [1.807, 2.05) is 38.1 Å². The van der Waals surface area contributed by atoms with Gasteiger partial charge in [0.15, 0.2) is 6.61 Å². The maximum atomic E-state index is 12.1. The van der Waals surface area contributed by atoms with Gasteiger partial charge in [-0.3, -0.25) is 4.79 Å². The summed E-state index contributed by atoms with van der Waals surface area (Å²) >= 11 is 0. The number of benzene rings is 3. The Morgan fingerprint density at radius 2 is 1.50 bits per heavy atom. The fraction of sp³-hybridized carbons (Fsp3) is 0.130. The number of carbonyl (C=O) groups is 2. The molecule has 0 radical (unpaired) electrons. The Balaban J connectivity index is 1.51. The highest BCUT2D eigenvalue weighted by Crippen LogP contribution is 2.18. The lowest BCUT2D eigenvalue weighted by atomic mass is 10.1. The van der Waals surface area contributed by atoms with E-state index in [0.717, 1.165) is 11.1 Å². The second-order valence-electron chi connectivity index (χ2n) is 6.35. The van der Waals surface area contributed by atoms with Gasteiger partial charge in [-0.15, -0.1) is 0 Å². The molecule has 0 aromatic heterocycles. The van der Waals surface area contributed by atoms with Gasteiger partial charge in [0.1, 0.15) is 11.5 Å². The minimum atomic E-state index is -0.501. The summed E-state index contributed by atoms with van der Waals surface area (Å²) in [5.74, 6) is 0.303. The SMILES string of the molecule is Cc1ccc(OCC(=O)Oc2ccc(NC(=O)c3ccccc3)cc2)cc1C. The van der Waals surface area contributed by atoms with Crippen LogP contribution >= 0.6 is 0 Å². The summed E-state index contributed by atoms with van der Waals surface area (Å²) in [5.41, 5.74) is 3.44. The van der Waals surface area contributed by atoms with Gasteiger partial charge in [0.2, 0.25) is 0 Å². The lowest BCUT2D eigenvalue weighted by Crippen LogP contribution is -2.17. The summed E-state index contributed by atoms with van der Waals surface area (Å²) in [6.45, 7) is 3.81. The molecule has 0 atom stereocenters. The molecule has 142 valence electrons. The lowest BCUT2D eigenvalue weighted by Gasteiger charge is -2.09. The van der Waals surface area contributed by atoms with Crippen molar-refractivity contribution in [2.24, 2.45) is 0 Å². The maximum absolute atomic E-state index is 12.1. The summed E-state index contributed by atoms with van der Waals surface area (Å²) in [7, 11) is 0. The van der Waals surface area contributed by atoms with Crippen LogP contribution in [0, 0.1) is 13.8 Å². The fourth-order valence-electron chi connectivity index (χ4n) is 2.51. The van der Waals surface area contributed by atoms with Crippen molar-refractivity contribution in [3.8, 4) is 11.5 Å². The molecule has 3 aromatic carbocycles. The lowest BCUT2D eigenvalue weighted by molar-refractivity contribution is -0.136. The molecule has 1 N–H and O–H groups in total. The predicted octanol–water partition coefficient (Wildman–Crippen LogP) is 4.54. The van der Waals surface area contributed by atoms with Crippen molar-refractivity contribution in [2.45, 2.75) is 13.8 Å². The van der Waals surface area contributed by atoms with E-state index < -0.39 is 5.97 Å². The first-order valence-corrected chi connectivity index (χ1v) is 8.88. The van der Waals surface area contributed by atoms with Crippen molar-refractivity contribution in [3.63, 3.8) is 0 Å². The van der Waals surface area contributed by atoms with Crippen molar-refractivity contribution >= 4 is 17.6 Å². The fourth-order valence-corrected chi connectivity index (χ4v) is 2.51. The highest BCUT2D eigenvalue weighted by Gasteiger charge is 2.08. The minimum Gasteiger partial charge on any atom is -0.482 e. The van der Waals surface area contributed by atoms with E-state index in [1.165, 1.54) is 0 Å². The Bertz CT molecular complexity index is 966. The second-order valence-corrected chi connectivity index (χ2v) is 6.35. The Morgan fingerprint density at radius 3 is 2.18 bits per heavy atom. The van der Waals surface area contributed by atoms with E-state index in [-0.39, 0.29) is 12.5 Å². The minimum absolute atomic E-state index is 0.186. The molecule has 0 saturated carbocycles. The highest BCUT2D eigenvalue weighted by atomic mass is 16.6. The zero-order valence-electron chi connectivity index (χ0n) is 15.8. The molecule has 5 nitrogen and oxygen atoms in total. The number of anilines is 1. The standard InChI is InChI=1S/C23H21NO4/c1-16-8-11-21(14-17(16)2)27-15-22(25)28-20-12-9-19(10-13-20)24-23(26)18-6-4-3-5-7-18/h3-14H,15H2,1-2H3,(H,24,26). The number of ether oxygens (including phenoxy) is 2. The van der Waals surface area contributed by atoms with Gasteiger partial charge in [-0.25, -0.2) is 4.79 Å². The number of amides is 1. The zero-order chi connectivity index (χ0) is 19.9. The third-order valence-electron chi connectivity index (χ3n) is 4.21. The molecule has 3 rings (SSSR count). The van der Waals surface area contributed by atoms with Crippen LogP contribution in [-0.2, 0) is 4.79 Å². The van der Waals surface area contributed by atoms with Gasteiger partial charge in [0, 0.05) is 11.3 Å². The summed E-state index contributed by atoms with van der Waals surface area (Å²) in [5, 5.41) is 2.79. The van der Waals surface area contributed by atoms with Crippen LogP contribution in [-0.4, -0.2) is 18.5 Å². The molecule has 5 heteroatoms. The van der Waals surface area contributed by atoms with E-state index in [2.05, 4.69) is 5.32 Å². The second kappa shape index (κ2) is 8.86. The maximum Gasteiger partial charge on any atom is 0.349 e. The van der Waals surface area contributed by atoms with Crippen molar-refractivity contribution in [2.75, 3.05) is 11.9 Å². The number of hydrogen-bond donors (Lipinski definition) is 1. The molecule has 0 fully saturated rings. The molecular formula is C23H21NO4. The Labute approximate surface area is 163 Å². The molecule has 28 heavy (non-hydrogen) atoms. The third-order valence-corrected chi connectivity index (χ3v) is 4.21. The third kappa shape index (κ3) is 5.20. The molecule has 3 aromatic rings. The van der Waals surface area contributed by atoms with Crippen LogP contribution < -0.4 is 14.8 Å². The van der Waals surface area contributed by atoms with Crippen LogP contribution in [0.25, 0.3) is 0 Å². The quantitative estimate of drug-likeness (QED) is 0.507. The molecule has 0 spiro atoms. The first-order chi connectivity index (χ1) is 13.5. The van der Waals surface area contributed by atoms with Crippen LogP contribution in [0.4, 0.5) is 5.69 Å². The van der Waals surface area contributed by atoms with Crippen molar-refractivity contribution in [1.82, 2.24) is 0 Å². The van der Waals surface area contributed by atoms with Crippen molar-refractivity contribution in [1.29, 1.82) is 0 Å². The van der Waals surface area contributed by atoms with Crippen molar-refractivity contribution < 1.29 is 19.1 Å². The van der Waals surface area contributed by atoms with Crippen LogP contribution in [0.2, 0.25) is 0 Å². The number of hydrogen-bond acceptors (Lipinski definition) is 4. The normalized spacial score (nSPS) is 10.2. The van der Waals surface area contributed by atoms with Gasteiger partial charge in [-0.2, -0.15) is 0 Å². The Kier molecular flexibility index (Phi) is 6.07. The van der Waals surface area contributed by atoms with Crippen LogP contribution in [0.1, 0.15) is 21.5 Å². The molecule has 0 bridgehead atoms. The summed E-state index contributed by atoms with van der Waals surface area (Å²) in [4.78, 5) is 24.1. The first kappa shape index (κ1) is 19.2. The highest BCUT2D eigenvalue weighted by molar-refractivity contribution is 6.04. The first-order valence-electron chi connectivity index (χ1n) is 8.88. The molecule has 0 aliphatic heterocycles. The molecular weight excluding hydrogens is 354 g/mol. The van der Waals surface area contributed by atoms with E-state index in [9.17, 15) is 9.59 Å². The smallest absolute Gasteiger partial charge is 0.349 e. The zero-order valence-corrected chi connectivity index (χ0v) is 15.8. The van der Waals surface area contributed by atoms with E-state index in [1.54, 1.807) is 48.5 Å². The predicted molar refractivity (Wildman–Crippen MR) is 108 cm³/mol. The number of rotatable bonds is 6. The van der Waals surface area contributed by atoms with E-state index >= 15 is 0 Å². The van der Waals surface area contributed by atoms with Gasteiger partial charge in [-0.05, 0) is 73.5 Å². The van der Waals surface area contributed by atoms with Gasteiger partial charge in [0.05, 0.1) is 0 Å². The number of carbonyl (C=O) groups excluding carboxylic acids is 2. The number of nitrogens with one attached hydrogen (secondary N) is 1. The Morgan fingerprint density at radius 1 is 0.821 bits per heavy atom. The molecule has 0 aliphatic rings. The van der Waals surface area contributed by atoms with Gasteiger partial charge >= 0.3 is 5.97 Å². The van der Waals surface area contributed by atoms with Crippen LogP contribution in [0.5, 0.6) is 11.5 Å². The van der Waals surface area contributed by atoms with Crippen LogP contribution in [0.15, 0.2) is 72.8 Å². The monoisotopic (exact) mass is 375 g/mol. The largest absolute Gasteiger partial charge is 0.482 e. The number of aryl methyl sites for hydroxylation is 2. The number of esters is 1. The Hall–Kier alpha value is -3.60. The average Bonchev–Trinajstić information content (AvgIpc) is 2.71. The van der Waals surface area contributed by atoms with E-state index in [0.29, 0.717) is 22.7 Å². The molecule has 0 saturated heterocycles. The molecule has 0 unspecified atom stereocenters. The molecule has 1 amide bonds. The molecule has 0 aliphatic carbocycles. The average molecular weight is 375 g/mol.